The number of benzene rings is 2. The molecule has 1 heterocycles. The molecule has 0 aliphatic heterocycles. The predicted molar refractivity (Wildman–Crippen MR) is 84.9 cm³/mol. The van der Waals surface area contributed by atoms with E-state index in [-0.39, 0.29) is 5.82 Å². The van der Waals surface area contributed by atoms with Gasteiger partial charge in [0.05, 0.1) is 12.7 Å². The van der Waals surface area contributed by atoms with Crippen LogP contribution in [0.5, 0.6) is 5.75 Å². The highest BCUT2D eigenvalue weighted by atomic mass is 16.6. The third kappa shape index (κ3) is 2.56. The van der Waals surface area contributed by atoms with Crippen LogP contribution in [-0.4, -0.2) is 17.0 Å². The van der Waals surface area contributed by atoms with Crippen LogP contribution in [-0.2, 0) is 0 Å². The van der Waals surface area contributed by atoms with Gasteiger partial charge in [0.25, 0.3) is 0 Å². The number of methoxy groups -OCH3 is 1. The Kier molecular flexibility index (Phi) is 3.62. The van der Waals surface area contributed by atoms with Gasteiger partial charge in [0.15, 0.2) is 0 Å². The second-order valence-corrected chi connectivity index (χ2v) is 4.80. The van der Waals surface area contributed by atoms with Crippen molar-refractivity contribution in [2.75, 3.05) is 7.11 Å². The summed E-state index contributed by atoms with van der Waals surface area (Å²) in [5, 5.41) is 11.3. The lowest BCUT2D eigenvalue weighted by Gasteiger charge is -2.01. The van der Waals surface area contributed by atoms with Gasteiger partial charge in [0, 0.05) is 11.6 Å². The van der Waals surface area contributed by atoms with E-state index in [9.17, 15) is 10.1 Å². The summed E-state index contributed by atoms with van der Waals surface area (Å²) in [6.07, 6.45) is 0. The Labute approximate surface area is 127 Å². The average molecular weight is 294 g/mol. The first-order valence-electron chi connectivity index (χ1n) is 6.76. The summed E-state index contributed by atoms with van der Waals surface area (Å²) in [6, 6.07) is 18.5. The molecule has 3 aromatic rings. The normalized spacial score (nSPS) is 10.4. The Balaban J connectivity index is 2.09. The summed E-state index contributed by atoms with van der Waals surface area (Å²) in [7, 11) is 1.58. The summed E-state index contributed by atoms with van der Waals surface area (Å²) in [6.45, 7) is 0. The van der Waals surface area contributed by atoms with E-state index >= 15 is 0 Å². The van der Waals surface area contributed by atoms with E-state index in [1.807, 2.05) is 42.5 Å². The van der Waals surface area contributed by atoms with E-state index in [1.165, 1.54) is 0 Å². The van der Waals surface area contributed by atoms with Gasteiger partial charge in [-0.05, 0) is 22.6 Å². The highest BCUT2D eigenvalue weighted by molar-refractivity contribution is 5.79. The number of nitrogens with one attached hydrogen (secondary N) is 1. The van der Waals surface area contributed by atoms with E-state index in [1.54, 1.807) is 25.3 Å². The lowest BCUT2D eigenvalue weighted by molar-refractivity contribution is -0.388. The van der Waals surface area contributed by atoms with Crippen molar-refractivity contribution in [2.24, 2.45) is 0 Å². The molecule has 0 radical (unpaired) electrons. The fraction of sp³-hybridized carbons (Fsp3) is 0.0588. The van der Waals surface area contributed by atoms with E-state index in [0.717, 1.165) is 16.8 Å². The minimum Gasteiger partial charge on any atom is -0.497 e. The number of rotatable bonds is 4. The number of aromatic nitrogens is 1. The fourth-order valence-corrected chi connectivity index (χ4v) is 2.35. The maximum Gasteiger partial charge on any atom is 0.329 e. The van der Waals surface area contributed by atoms with E-state index in [2.05, 4.69) is 4.98 Å². The maximum atomic E-state index is 11.3. The molecule has 0 aliphatic carbocycles. The topological polar surface area (TPSA) is 68.2 Å². The van der Waals surface area contributed by atoms with E-state index in [4.69, 9.17) is 4.74 Å². The molecule has 1 N–H and O–H groups in total. The number of hydrogen-bond acceptors (Lipinski definition) is 3. The van der Waals surface area contributed by atoms with Crippen LogP contribution in [0.3, 0.4) is 0 Å². The smallest absolute Gasteiger partial charge is 0.329 e. The SMILES string of the molecule is COc1ccc(-c2cc(-c3ccccc3)[nH]c2[N+](=O)[O-])cc1. The minimum absolute atomic E-state index is 0.0102. The molecule has 2 aromatic carbocycles. The summed E-state index contributed by atoms with van der Waals surface area (Å²) < 4.78 is 5.12. The Bertz CT molecular complexity index is 793. The summed E-state index contributed by atoms with van der Waals surface area (Å²) in [5.74, 6) is 0.703. The molecule has 0 bridgehead atoms. The fourth-order valence-electron chi connectivity index (χ4n) is 2.35. The van der Waals surface area contributed by atoms with Gasteiger partial charge in [-0.1, -0.05) is 42.5 Å². The van der Waals surface area contributed by atoms with E-state index in [0.29, 0.717) is 11.3 Å². The summed E-state index contributed by atoms with van der Waals surface area (Å²) >= 11 is 0. The molecule has 0 fully saturated rings. The zero-order chi connectivity index (χ0) is 15.5. The number of aromatic amines is 1. The van der Waals surface area contributed by atoms with Gasteiger partial charge in [0.2, 0.25) is 0 Å². The van der Waals surface area contributed by atoms with Gasteiger partial charge in [-0.3, -0.25) is 0 Å². The lowest BCUT2D eigenvalue weighted by atomic mass is 10.1. The molecule has 0 unspecified atom stereocenters. The molecule has 5 heteroatoms. The predicted octanol–water partition coefficient (Wildman–Crippen LogP) is 4.27. The molecule has 0 saturated heterocycles. The van der Waals surface area contributed by atoms with Crippen molar-refractivity contribution in [1.82, 2.24) is 4.98 Å². The van der Waals surface area contributed by atoms with Crippen molar-refractivity contribution in [3.63, 3.8) is 0 Å². The van der Waals surface area contributed by atoms with Gasteiger partial charge in [-0.15, -0.1) is 0 Å². The van der Waals surface area contributed by atoms with Gasteiger partial charge >= 0.3 is 5.82 Å². The molecular weight excluding hydrogens is 280 g/mol. The largest absolute Gasteiger partial charge is 0.497 e. The number of nitro groups is 1. The van der Waals surface area contributed by atoms with Crippen LogP contribution in [0.15, 0.2) is 60.7 Å². The number of nitrogens with zero attached hydrogens (tertiary/aromatic N) is 1. The molecule has 5 nitrogen and oxygen atoms in total. The van der Waals surface area contributed by atoms with Crippen LogP contribution in [0.2, 0.25) is 0 Å². The molecule has 1 aromatic heterocycles. The van der Waals surface area contributed by atoms with Crippen LogP contribution < -0.4 is 4.74 Å². The highest BCUT2D eigenvalue weighted by Crippen LogP contribution is 2.34. The Morgan fingerprint density at radius 3 is 2.27 bits per heavy atom. The van der Waals surface area contributed by atoms with Gasteiger partial charge in [0.1, 0.15) is 11.4 Å². The van der Waals surface area contributed by atoms with Crippen molar-refractivity contribution in [3.8, 4) is 28.1 Å². The summed E-state index contributed by atoms with van der Waals surface area (Å²) in [4.78, 5) is 13.8. The second kappa shape index (κ2) is 5.73. The first kappa shape index (κ1) is 13.9. The monoisotopic (exact) mass is 294 g/mol. The van der Waals surface area contributed by atoms with Gasteiger partial charge < -0.3 is 14.9 Å². The number of ether oxygens (including phenoxy) is 1. The van der Waals surface area contributed by atoms with Crippen molar-refractivity contribution in [2.45, 2.75) is 0 Å². The van der Waals surface area contributed by atoms with Crippen LogP contribution in [0, 0.1) is 10.1 Å². The van der Waals surface area contributed by atoms with Crippen LogP contribution in [0.4, 0.5) is 5.82 Å². The number of hydrogen-bond donors (Lipinski definition) is 1. The molecule has 0 saturated carbocycles. The average Bonchev–Trinajstić information content (AvgIpc) is 3.01. The standard InChI is InChI=1S/C17H14N2O3/c1-22-14-9-7-12(8-10-14)15-11-16(18-17(15)19(20)21)13-5-3-2-4-6-13/h2-11,18H,1H3. The zero-order valence-corrected chi connectivity index (χ0v) is 11.9. The molecule has 22 heavy (non-hydrogen) atoms. The van der Waals surface area contributed by atoms with Gasteiger partial charge in [-0.2, -0.15) is 0 Å². The Morgan fingerprint density at radius 2 is 1.68 bits per heavy atom. The first-order valence-corrected chi connectivity index (χ1v) is 6.76. The highest BCUT2D eigenvalue weighted by Gasteiger charge is 2.20. The van der Waals surface area contributed by atoms with Crippen molar-refractivity contribution in [3.05, 3.63) is 70.8 Å². The summed E-state index contributed by atoms with van der Waals surface area (Å²) in [5.41, 5.74) is 2.96. The Hall–Kier alpha value is -3.08. The van der Waals surface area contributed by atoms with Crippen LogP contribution in [0.1, 0.15) is 0 Å². The first-order chi connectivity index (χ1) is 10.7. The molecular formula is C17H14N2O3. The third-order valence-electron chi connectivity index (χ3n) is 3.47. The molecule has 0 amide bonds. The number of H-pyrrole nitrogens is 1. The molecule has 0 spiro atoms. The molecule has 0 aliphatic rings. The molecule has 0 atom stereocenters. The Morgan fingerprint density at radius 1 is 1.00 bits per heavy atom. The van der Waals surface area contributed by atoms with Crippen LogP contribution in [0.25, 0.3) is 22.4 Å². The van der Waals surface area contributed by atoms with Crippen LogP contribution >= 0.6 is 0 Å². The molecule has 3 rings (SSSR count). The van der Waals surface area contributed by atoms with Crippen molar-refractivity contribution in [1.29, 1.82) is 0 Å². The third-order valence-corrected chi connectivity index (χ3v) is 3.47. The maximum absolute atomic E-state index is 11.3. The zero-order valence-electron chi connectivity index (χ0n) is 11.9. The lowest BCUT2D eigenvalue weighted by Crippen LogP contribution is -1.90. The minimum atomic E-state index is -0.397. The van der Waals surface area contributed by atoms with Gasteiger partial charge in [-0.25, -0.2) is 4.98 Å². The van der Waals surface area contributed by atoms with Crippen molar-refractivity contribution < 1.29 is 9.66 Å². The van der Waals surface area contributed by atoms with Crippen molar-refractivity contribution >= 4 is 5.82 Å². The van der Waals surface area contributed by atoms with E-state index < -0.39 is 4.92 Å². The quantitative estimate of drug-likeness (QED) is 0.577. The second-order valence-electron chi connectivity index (χ2n) is 4.80. The molecule has 110 valence electrons.